The van der Waals surface area contributed by atoms with Gasteiger partial charge in [-0.15, -0.1) is 12.4 Å². The predicted molar refractivity (Wildman–Crippen MR) is 113 cm³/mol. The zero-order valence-electron chi connectivity index (χ0n) is 16.9. The molecule has 1 aromatic carbocycles. The summed E-state index contributed by atoms with van der Waals surface area (Å²) in [5.74, 6) is 0.0412. The summed E-state index contributed by atoms with van der Waals surface area (Å²) in [5, 5.41) is 0. The van der Waals surface area contributed by atoms with Crippen molar-refractivity contribution in [1.82, 2.24) is 9.21 Å². The first-order valence-corrected chi connectivity index (χ1v) is 11.2. The molecule has 1 atom stereocenters. The second-order valence-electron chi connectivity index (χ2n) is 8.79. The lowest BCUT2D eigenvalue weighted by Crippen LogP contribution is -2.44. The SMILES string of the molecule is CC(C)(C)c1ccc(S(=O)(=O)N2CCC(C(=O)N3CC[C@@H](N)C3)CC2)cc1.Cl. The first-order valence-electron chi connectivity index (χ1n) is 9.74. The van der Waals surface area contributed by atoms with E-state index in [9.17, 15) is 13.2 Å². The molecule has 2 heterocycles. The Morgan fingerprint density at radius 1 is 1.04 bits per heavy atom. The minimum atomic E-state index is -3.51. The smallest absolute Gasteiger partial charge is 0.243 e. The molecule has 2 aliphatic rings. The van der Waals surface area contributed by atoms with Crippen LogP contribution in [0.3, 0.4) is 0 Å². The summed E-state index contributed by atoms with van der Waals surface area (Å²) < 4.78 is 27.4. The summed E-state index contributed by atoms with van der Waals surface area (Å²) in [7, 11) is -3.51. The lowest BCUT2D eigenvalue weighted by molar-refractivity contribution is -0.135. The van der Waals surface area contributed by atoms with Crippen LogP contribution in [0.2, 0.25) is 0 Å². The van der Waals surface area contributed by atoms with Gasteiger partial charge >= 0.3 is 0 Å². The fourth-order valence-corrected chi connectivity index (χ4v) is 5.33. The Bertz CT molecular complexity index is 782. The number of hydrogen-bond donors (Lipinski definition) is 1. The average molecular weight is 430 g/mol. The lowest BCUT2D eigenvalue weighted by atomic mass is 9.87. The molecule has 1 amide bonds. The number of halogens is 1. The zero-order chi connectivity index (χ0) is 19.8. The van der Waals surface area contributed by atoms with E-state index in [0.29, 0.717) is 37.4 Å². The van der Waals surface area contributed by atoms with E-state index in [1.165, 1.54) is 4.31 Å². The number of hydrogen-bond acceptors (Lipinski definition) is 4. The summed E-state index contributed by atoms with van der Waals surface area (Å²) in [5.41, 5.74) is 6.98. The molecule has 6 nitrogen and oxygen atoms in total. The molecule has 0 spiro atoms. The highest BCUT2D eigenvalue weighted by Gasteiger charge is 2.35. The standard InChI is InChI=1S/C20H31N3O3S.ClH/c1-20(2,3)16-4-6-18(7-5-16)27(25,26)23-12-8-15(9-13-23)19(24)22-11-10-17(21)14-22;/h4-7,15,17H,8-14,21H2,1-3H3;1H/t17-;/m1./s1. The molecule has 0 bridgehead atoms. The van der Waals surface area contributed by atoms with Gasteiger partial charge < -0.3 is 10.6 Å². The highest BCUT2D eigenvalue weighted by Crippen LogP contribution is 2.28. The van der Waals surface area contributed by atoms with Crippen LogP contribution in [0.15, 0.2) is 29.2 Å². The quantitative estimate of drug-likeness (QED) is 0.799. The van der Waals surface area contributed by atoms with Crippen LogP contribution in [0.4, 0.5) is 0 Å². The van der Waals surface area contributed by atoms with E-state index in [1.807, 2.05) is 17.0 Å². The van der Waals surface area contributed by atoms with Gasteiger partial charge in [0.1, 0.15) is 0 Å². The summed E-state index contributed by atoms with van der Waals surface area (Å²) in [6.07, 6.45) is 2.00. The summed E-state index contributed by atoms with van der Waals surface area (Å²) >= 11 is 0. The molecular weight excluding hydrogens is 398 g/mol. The number of piperidine rings is 1. The molecular formula is C20H32ClN3O3S. The number of carbonyl (C=O) groups is 1. The minimum Gasteiger partial charge on any atom is -0.341 e. The van der Waals surface area contributed by atoms with Crippen LogP contribution in [-0.2, 0) is 20.2 Å². The number of carbonyl (C=O) groups excluding carboxylic acids is 1. The Morgan fingerprint density at radius 2 is 1.61 bits per heavy atom. The van der Waals surface area contributed by atoms with Crippen molar-refractivity contribution in [1.29, 1.82) is 0 Å². The van der Waals surface area contributed by atoms with Crippen molar-refractivity contribution >= 4 is 28.3 Å². The Hall–Kier alpha value is -1.15. The summed E-state index contributed by atoms with van der Waals surface area (Å²) in [4.78, 5) is 14.8. The van der Waals surface area contributed by atoms with Gasteiger partial charge in [-0.25, -0.2) is 8.42 Å². The van der Waals surface area contributed by atoms with Crippen LogP contribution < -0.4 is 5.73 Å². The van der Waals surface area contributed by atoms with Crippen molar-refractivity contribution in [2.75, 3.05) is 26.2 Å². The van der Waals surface area contributed by atoms with Gasteiger partial charge in [0.25, 0.3) is 0 Å². The molecule has 2 aliphatic heterocycles. The number of nitrogens with zero attached hydrogens (tertiary/aromatic N) is 2. The van der Waals surface area contributed by atoms with E-state index in [2.05, 4.69) is 20.8 Å². The predicted octanol–water partition coefficient (Wildman–Crippen LogP) is 2.37. The Balaban J connectivity index is 0.00000280. The van der Waals surface area contributed by atoms with Crippen LogP contribution >= 0.6 is 12.4 Å². The molecule has 0 unspecified atom stereocenters. The molecule has 2 fully saturated rings. The van der Waals surface area contributed by atoms with Gasteiger partial charge in [0.2, 0.25) is 15.9 Å². The molecule has 2 N–H and O–H groups in total. The maximum Gasteiger partial charge on any atom is 0.243 e. The third-order valence-corrected chi connectivity index (χ3v) is 7.61. The van der Waals surface area contributed by atoms with Gasteiger partial charge in [-0.3, -0.25) is 4.79 Å². The highest BCUT2D eigenvalue weighted by molar-refractivity contribution is 7.89. The molecule has 0 saturated carbocycles. The Kier molecular flexibility index (Phi) is 7.18. The lowest BCUT2D eigenvalue weighted by Gasteiger charge is -2.32. The molecule has 0 aromatic heterocycles. The van der Waals surface area contributed by atoms with E-state index in [4.69, 9.17) is 5.73 Å². The molecule has 1 aromatic rings. The first kappa shape index (κ1) is 23.1. The van der Waals surface area contributed by atoms with Gasteiger partial charge in [0.05, 0.1) is 4.90 Å². The largest absolute Gasteiger partial charge is 0.341 e. The van der Waals surface area contributed by atoms with E-state index < -0.39 is 10.0 Å². The third kappa shape index (κ3) is 4.87. The summed E-state index contributed by atoms with van der Waals surface area (Å²) in [6, 6.07) is 7.24. The first-order chi connectivity index (χ1) is 12.6. The van der Waals surface area contributed by atoms with E-state index in [1.54, 1.807) is 12.1 Å². The number of benzene rings is 1. The number of nitrogens with two attached hydrogens (primary N) is 1. The van der Waals surface area contributed by atoms with Crippen LogP contribution in [0.5, 0.6) is 0 Å². The van der Waals surface area contributed by atoms with Gasteiger partial charge in [0.15, 0.2) is 0 Å². The monoisotopic (exact) mass is 429 g/mol. The Morgan fingerprint density at radius 3 is 2.07 bits per heavy atom. The van der Waals surface area contributed by atoms with E-state index in [-0.39, 0.29) is 35.7 Å². The van der Waals surface area contributed by atoms with Crippen molar-refractivity contribution in [2.24, 2.45) is 11.7 Å². The highest BCUT2D eigenvalue weighted by atomic mass is 35.5. The normalized spacial score (nSPS) is 22.1. The molecule has 8 heteroatoms. The molecule has 2 saturated heterocycles. The van der Waals surface area contributed by atoms with Crippen molar-refractivity contribution in [2.45, 2.75) is 56.4 Å². The maximum atomic E-state index is 12.9. The fourth-order valence-electron chi connectivity index (χ4n) is 3.86. The van der Waals surface area contributed by atoms with Crippen molar-refractivity contribution in [3.05, 3.63) is 29.8 Å². The van der Waals surface area contributed by atoms with Crippen LogP contribution in [-0.4, -0.2) is 55.8 Å². The number of sulfonamides is 1. The van der Waals surface area contributed by atoms with Gasteiger partial charge in [-0.05, 0) is 42.4 Å². The van der Waals surface area contributed by atoms with Crippen molar-refractivity contribution in [3.8, 4) is 0 Å². The molecule has 28 heavy (non-hydrogen) atoms. The van der Waals surface area contributed by atoms with Crippen LogP contribution in [0.25, 0.3) is 0 Å². The van der Waals surface area contributed by atoms with Crippen LogP contribution in [0.1, 0.15) is 45.6 Å². The molecule has 158 valence electrons. The minimum absolute atomic E-state index is 0. The topological polar surface area (TPSA) is 83.7 Å². The zero-order valence-corrected chi connectivity index (χ0v) is 18.6. The number of amides is 1. The van der Waals surface area contributed by atoms with Gasteiger partial charge in [-0.2, -0.15) is 4.31 Å². The van der Waals surface area contributed by atoms with Crippen LogP contribution in [0, 0.1) is 5.92 Å². The molecule has 0 aliphatic carbocycles. The second-order valence-corrected chi connectivity index (χ2v) is 10.7. The maximum absolute atomic E-state index is 12.9. The molecule has 3 rings (SSSR count). The van der Waals surface area contributed by atoms with E-state index >= 15 is 0 Å². The molecule has 0 radical (unpaired) electrons. The Labute approximate surface area is 174 Å². The van der Waals surface area contributed by atoms with Crippen molar-refractivity contribution < 1.29 is 13.2 Å². The van der Waals surface area contributed by atoms with Gasteiger partial charge in [0, 0.05) is 38.1 Å². The summed E-state index contributed by atoms with van der Waals surface area (Å²) in [6.45, 7) is 8.43. The fraction of sp³-hybridized carbons (Fsp3) is 0.650. The number of likely N-dealkylation sites (tertiary alicyclic amines) is 1. The van der Waals surface area contributed by atoms with Gasteiger partial charge in [-0.1, -0.05) is 32.9 Å². The van der Waals surface area contributed by atoms with E-state index in [0.717, 1.165) is 18.5 Å². The third-order valence-electron chi connectivity index (χ3n) is 5.70. The second kappa shape index (κ2) is 8.69. The van der Waals surface area contributed by atoms with Crippen molar-refractivity contribution in [3.63, 3.8) is 0 Å². The average Bonchev–Trinajstić information content (AvgIpc) is 3.07. The number of rotatable bonds is 3.